The third-order valence-corrected chi connectivity index (χ3v) is 5.19. The van der Waals surface area contributed by atoms with Crippen LogP contribution in [0.25, 0.3) is 0 Å². The van der Waals surface area contributed by atoms with Crippen LogP contribution in [0.15, 0.2) is 42.5 Å². The van der Waals surface area contributed by atoms with E-state index in [0.717, 1.165) is 31.5 Å². The summed E-state index contributed by atoms with van der Waals surface area (Å²) >= 11 is 6.17. The summed E-state index contributed by atoms with van der Waals surface area (Å²) in [6.07, 6.45) is 2.11. The van der Waals surface area contributed by atoms with Crippen LogP contribution in [0.5, 0.6) is 11.5 Å². The molecular formula is C21H24ClNO3. The Balaban J connectivity index is 1.71. The van der Waals surface area contributed by atoms with Crippen LogP contribution >= 0.6 is 11.6 Å². The first-order valence-electron chi connectivity index (χ1n) is 8.92. The molecule has 1 saturated heterocycles. The molecule has 0 radical (unpaired) electrons. The largest absolute Gasteiger partial charge is 0.493 e. The summed E-state index contributed by atoms with van der Waals surface area (Å²) in [7, 11) is 1.58. The number of likely N-dealkylation sites (tertiary alicyclic amines) is 1. The molecule has 138 valence electrons. The van der Waals surface area contributed by atoms with Crippen molar-refractivity contribution in [2.45, 2.75) is 26.4 Å². The SMILES string of the molecule is COc1cc(C(=O)N2CCC(C)CC2)ccc1OCc1ccccc1Cl. The number of amides is 1. The van der Waals surface area contributed by atoms with Crippen molar-refractivity contribution in [3.63, 3.8) is 0 Å². The lowest BCUT2D eigenvalue weighted by atomic mass is 9.98. The van der Waals surface area contributed by atoms with E-state index in [1.807, 2.05) is 29.2 Å². The second kappa shape index (κ2) is 8.45. The normalized spacial score (nSPS) is 15.0. The minimum absolute atomic E-state index is 0.0489. The summed E-state index contributed by atoms with van der Waals surface area (Å²) in [4.78, 5) is 14.6. The van der Waals surface area contributed by atoms with Gasteiger partial charge >= 0.3 is 0 Å². The van der Waals surface area contributed by atoms with E-state index in [9.17, 15) is 4.79 Å². The van der Waals surface area contributed by atoms with Crippen molar-refractivity contribution in [2.75, 3.05) is 20.2 Å². The number of carbonyl (C=O) groups is 1. The fourth-order valence-electron chi connectivity index (χ4n) is 3.09. The predicted octanol–water partition coefficient (Wildman–Crippen LogP) is 4.80. The summed E-state index contributed by atoms with van der Waals surface area (Å²) in [5.74, 6) is 1.88. The van der Waals surface area contributed by atoms with Gasteiger partial charge in [-0.3, -0.25) is 4.79 Å². The molecule has 26 heavy (non-hydrogen) atoms. The minimum atomic E-state index is 0.0489. The van der Waals surface area contributed by atoms with Crippen molar-refractivity contribution in [1.29, 1.82) is 0 Å². The standard InChI is InChI=1S/C21H24ClNO3/c1-15-9-11-23(12-10-15)21(24)16-7-8-19(20(13-16)25-2)26-14-17-5-3-4-6-18(17)22/h3-8,13,15H,9-12,14H2,1-2H3. The summed E-state index contributed by atoms with van der Waals surface area (Å²) in [6.45, 7) is 4.20. The van der Waals surface area contributed by atoms with E-state index in [2.05, 4.69) is 6.92 Å². The van der Waals surface area contributed by atoms with Crippen LogP contribution in [0.4, 0.5) is 0 Å². The van der Waals surface area contributed by atoms with E-state index in [0.29, 0.717) is 34.6 Å². The molecule has 4 nitrogen and oxygen atoms in total. The van der Waals surface area contributed by atoms with Gasteiger partial charge in [-0.05, 0) is 43.0 Å². The smallest absolute Gasteiger partial charge is 0.253 e. The topological polar surface area (TPSA) is 38.8 Å². The molecule has 1 aliphatic rings. The van der Waals surface area contributed by atoms with Crippen LogP contribution in [0.1, 0.15) is 35.7 Å². The van der Waals surface area contributed by atoms with Crippen molar-refractivity contribution in [3.8, 4) is 11.5 Å². The van der Waals surface area contributed by atoms with Gasteiger partial charge in [0, 0.05) is 29.2 Å². The first kappa shape index (κ1) is 18.6. The second-order valence-corrected chi connectivity index (χ2v) is 7.13. The van der Waals surface area contributed by atoms with Crippen LogP contribution in [0, 0.1) is 5.92 Å². The van der Waals surface area contributed by atoms with Crippen LogP contribution in [0.3, 0.4) is 0 Å². The Bertz CT molecular complexity index is 770. The number of halogens is 1. The number of benzene rings is 2. The van der Waals surface area contributed by atoms with E-state index in [4.69, 9.17) is 21.1 Å². The molecule has 0 aliphatic carbocycles. The van der Waals surface area contributed by atoms with E-state index in [-0.39, 0.29) is 5.91 Å². The van der Waals surface area contributed by atoms with E-state index >= 15 is 0 Å². The zero-order valence-electron chi connectivity index (χ0n) is 15.2. The van der Waals surface area contributed by atoms with Gasteiger partial charge in [0.05, 0.1) is 7.11 Å². The zero-order chi connectivity index (χ0) is 18.5. The Hall–Kier alpha value is -2.20. The van der Waals surface area contributed by atoms with Gasteiger partial charge in [0.15, 0.2) is 11.5 Å². The molecule has 3 rings (SSSR count). The summed E-state index contributed by atoms with van der Waals surface area (Å²) in [5, 5.41) is 0.664. The molecule has 1 fully saturated rings. The Labute approximate surface area is 159 Å². The highest BCUT2D eigenvalue weighted by atomic mass is 35.5. The monoisotopic (exact) mass is 373 g/mol. The van der Waals surface area contributed by atoms with E-state index in [1.165, 1.54) is 0 Å². The van der Waals surface area contributed by atoms with Crippen LogP contribution in [-0.2, 0) is 6.61 Å². The Kier molecular flexibility index (Phi) is 6.04. The molecule has 0 aromatic heterocycles. The van der Waals surface area contributed by atoms with Crippen LogP contribution < -0.4 is 9.47 Å². The molecule has 0 bridgehead atoms. The molecule has 2 aromatic carbocycles. The van der Waals surface area contributed by atoms with Gasteiger partial charge in [-0.2, -0.15) is 0 Å². The van der Waals surface area contributed by atoms with Crippen LogP contribution in [0.2, 0.25) is 5.02 Å². The molecule has 2 aromatic rings. The number of hydrogen-bond donors (Lipinski definition) is 0. The summed E-state index contributed by atoms with van der Waals surface area (Å²) in [5.41, 5.74) is 1.53. The number of piperidine rings is 1. The maximum atomic E-state index is 12.7. The summed E-state index contributed by atoms with van der Waals surface area (Å²) < 4.78 is 11.3. The van der Waals surface area contributed by atoms with Gasteiger partial charge in [0.25, 0.3) is 5.91 Å². The van der Waals surface area contributed by atoms with Gasteiger partial charge in [-0.1, -0.05) is 36.7 Å². The fraction of sp³-hybridized carbons (Fsp3) is 0.381. The number of ether oxygens (including phenoxy) is 2. The molecule has 5 heteroatoms. The predicted molar refractivity (Wildman–Crippen MR) is 103 cm³/mol. The third-order valence-electron chi connectivity index (χ3n) is 4.82. The first-order chi connectivity index (χ1) is 12.6. The van der Waals surface area contributed by atoms with Gasteiger partial charge in [0.1, 0.15) is 6.61 Å². The quantitative estimate of drug-likeness (QED) is 0.755. The van der Waals surface area contributed by atoms with Crippen molar-refractivity contribution in [2.24, 2.45) is 5.92 Å². The summed E-state index contributed by atoms with van der Waals surface area (Å²) in [6, 6.07) is 12.9. The minimum Gasteiger partial charge on any atom is -0.493 e. The lowest BCUT2D eigenvalue weighted by Crippen LogP contribution is -2.37. The molecule has 1 aliphatic heterocycles. The van der Waals surface area contributed by atoms with Crippen molar-refractivity contribution >= 4 is 17.5 Å². The Morgan fingerprint density at radius 3 is 2.58 bits per heavy atom. The fourth-order valence-corrected chi connectivity index (χ4v) is 3.28. The maximum Gasteiger partial charge on any atom is 0.253 e. The highest BCUT2D eigenvalue weighted by Crippen LogP contribution is 2.30. The number of hydrogen-bond acceptors (Lipinski definition) is 3. The Morgan fingerprint density at radius 2 is 1.88 bits per heavy atom. The molecule has 0 unspecified atom stereocenters. The molecule has 1 amide bonds. The lowest BCUT2D eigenvalue weighted by Gasteiger charge is -2.30. The molecule has 0 saturated carbocycles. The highest BCUT2D eigenvalue weighted by molar-refractivity contribution is 6.31. The Morgan fingerprint density at radius 1 is 1.15 bits per heavy atom. The number of carbonyl (C=O) groups excluding carboxylic acids is 1. The maximum absolute atomic E-state index is 12.7. The second-order valence-electron chi connectivity index (χ2n) is 6.72. The average Bonchev–Trinajstić information content (AvgIpc) is 2.67. The molecular weight excluding hydrogens is 350 g/mol. The van der Waals surface area contributed by atoms with Gasteiger partial charge in [-0.15, -0.1) is 0 Å². The lowest BCUT2D eigenvalue weighted by molar-refractivity contribution is 0.0697. The molecule has 1 heterocycles. The number of rotatable bonds is 5. The van der Waals surface area contributed by atoms with Gasteiger partial charge < -0.3 is 14.4 Å². The molecule has 0 atom stereocenters. The third kappa shape index (κ3) is 4.31. The number of nitrogens with zero attached hydrogens (tertiary/aromatic N) is 1. The average molecular weight is 374 g/mol. The van der Waals surface area contributed by atoms with Gasteiger partial charge in [0.2, 0.25) is 0 Å². The van der Waals surface area contributed by atoms with Crippen molar-refractivity contribution in [1.82, 2.24) is 4.90 Å². The van der Waals surface area contributed by atoms with Crippen molar-refractivity contribution < 1.29 is 14.3 Å². The van der Waals surface area contributed by atoms with E-state index < -0.39 is 0 Å². The zero-order valence-corrected chi connectivity index (χ0v) is 16.0. The molecule has 0 N–H and O–H groups in total. The van der Waals surface area contributed by atoms with E-state index in [1.54, 1.807) is 25.3 Å². The molecule has 0 spiro atoms. The first-order valence-corrected chi connectivity index (χ1v) is 9.30. The number of methoxy groups -OCH3 is 1. The van der Waals surface area contributed by atoms with Crippen molar-refractivity contribution in [3.05, 3.63) is 58.6 Å². The highest BCUT2D eigenvalue weighted by Gasteiger charge is 2.22. The van der Waals surface area contributed by atoms with Crippen LogP contribution in [-0.4, -0.2) is 31.0 Å². The van der Waals surface area contributed by atoms with Gasteiger partial charge in [-0.25, -0.2) is 0 Å².